The molecule has 3 nitrogen and oxygen atoms in total. The van der Waals surface area contributed by atoms with Crippen LogP contribution < -0.4 is 5.32 Å². The molecule has 1 aromatic rings. The first kappa shape index (κ1) is 12.7. The van der Waals surface area contributed by atoms with Gasteiger partial charge in [-0.3, -0.25) is 0 Å². The van der Waals surface area contributed by atoms with Crippen LogP contribution in [-0.4, -0.2) is 22.8 Å². The predicted octanol–water partition coefficient (Wildman–Crippen LogP) is 3.28. The lowest BCUT2D eigenvalue weighted by molar-refractivity contribution is 0.628. The normalized spacial score (nSPS) is 19.9. The zero-order valence-corrected chi connectivity index (χ0v) is 11.7. The number of hydrogen-bond acceptors (Lipinski definition) is 4. The van der Waals surface area contributed by atoms with Gasteiger partial charge in [0, 0.05) is 18.8 Å². The molecule has 0 amide bonds. The van der Waals surface area contributed by atoms with Crippen molar-refractivity contribution in [3.05, 3.63) is 17.6 Å². The van der Waals surface area contributed by atoms with Crippen LogP contribution >= 0.6 is 11.8 Å². The Kier molecular flexibility index (Phi) is 4.26. The number of anilines is 1. The Morgan fingerprint density at radius 3 is 2.88 bits per heavy atom. The average Bonchev–Trinajstić information content (AvgIpc) is 2.81. The van der Waals surface area contributed by atoms with Crippen LogP contribution in [-0.2, 0) is 6.42 Å². The quantitative estimate of drug-likeness (QED) is 0.891. The van der Waals surface area contributed by atoms with Crippen molar-refractivity contribution >= 4 is 17.6 Å². The number of aromatic nitrogens is 2. The van der Waals surface area contributed by atoms with E-state index in [9.17, 15) is 0 Å². The molecule has 1 aliphatic rings. The molecule has 1 saturated heterocycles. The van der Waals surface area contributed by atoms with Crippen molar-refractivity contribution in [3.63, 3.8) is 0 Å². The number of rotatable bonds is 4. The third-order valence-electron chi connectivity index (χ3n) is 2.89. The highest BCUT2D eigenvalue weighted by molar-refractivity contribution is 7.99. The van der Waals surface area contributed by atoms with Crippen molar-refractivity contribution in [3.8, 4) is 0 Å². The Morgan fingerprint density at radius 1 is 1.47 bits per heavy atom. The van der Waals surface area contributed by atoms with E-state index in [-0.39, 0.29) is 0 Å². The molecule has 1 atom stereocenters. The first-order valence-corrected chi connectivity index (χ1v) is 7.41. The lowest BCUT2D eigenvalue weighted by Gasteiger charge is -2.12. The zero-order valence-electron chi connectivity index (χ0n) is 10.9. The maximum absolute atomic E-state index is 4.73. The minimum absolute atomic E-state index is 0.509. The Balaban J connectivity index is 2.24. The van der Waals surface area contributed by atoms with Gasteiger partial charge in [-0.05, 0) is 30.9 Å². The van der Waals surface area contributed by atoms with Gasteiger partial charge in [0.2, 0.25) is 0 Å². The van der Waals surface area contributed by atoms with Crippen LogP contribution in [0.25, 0.3) is 0 Å². The maximum atomic E-state index is 4.73. The summed E-state index contributed by atoms with van der Waals surface area (Å²) in [5, 5.41) is 3.65. The SMILES string of the molecule is CNc1cc(CC(C)C)nc(C2CCCS2)n1. The van der Waals surface area contributed by atoms with Gasteiger partial charge >= 0.3 is 0 Å². The molecule has 0 aromatic carbocycles. The summed E-state index contributed by atoms with van der Waals surface area (Å²) in [6, 6.07) is 2.07. The van der Waals surface area contributed by atoms with Crippen molar-refractivity contribution in [2.45, 2.75) is 38.4 Å². The Bertz CT molecular complexity index is 373. The van der Waals surface area contributed by atoms with Gasteiger partial charge in [0.1, 0.15) is 11.6 Å². The Morgan fingerprint density at radius 2 is 2.29 bits per heavy atom. The fraction of sp³-hybridized carbons (Fsp3) is 0.692. The molecule has 0 radical (unpaired) electrons. The van der Waals surface area contributed by atoms with Crippen LogP contribution in [0.15, 0.2) is 6.07 Å². The highest BCUT2D eigenvalue weighted by Crippen LogP contribution is 2.38. The largest absolute Gasteiger partial charge is 0.373 e. The van der Waals surface area contributed by atoms with E-state index in [0.717, 1.165) is 18.1 Å². The van der Waals surface area contributed by atoms with Crippen LogP contribution in [0.3, 0.4) is 0 Å². The van der Waals surface area contributed by atoms with Gasteiger partial charge < -0.3 is 5.32 Å². The predicted molar refractivity (Wildman–Crippen MR) is 74.6 cm³/mol. The standard InChI is InChI=1S/C13H21N3S/c1-9(2)7-10-8-12(14-3)16-13(15-10)11-5-4-6-17-11/h8-9,11H,4-7H2,1-3H3,(H,14,15,16). The van der Waals surface area contributed by atoms with Gasteiger partial charge in [0.05, 0.1) is 5.25 Å². The number of nitrogens with one attached hydrogen (secondary N) is 1. The summed E-state index contributed by atoms with van der Waals surface area (Å²) in [7, 11) is 1.92. The van der Waals surface area contributed by atoms with Crippen molar-refractivity contribution in [1.29, 1.82) is 0 Å². The monoisotopic (exact) mass is 251 g/mol. The van der Waals surface area contributed by atoms with E-state index >= 15 is 0 Å². The molecule has 17 heavy (non-hydrogen) atoms. The molecule has 2 rings (SSSR count). The Labute approximate surface area is 108 Å². The second kappa shape index (κ2) is 5.71. The minimum Gasteiger partial charge on any atom is -0.373 e. The lowest BCUT2D eigenvalue weighted by Crippen LogP contribution is -2.07. The molecule has 0 saturated carbocycles. The molecule has 1 unspecified atom stereocenters. The number of thioether (sulfide) groups is 1. The summed E-state index contributed by atoms with van der Waals surface area (Å²) in [4.78, 5) is 9.33. The summed E-state index contributed by atoms with van der Waals surface area (Å²) >= 11 is 1.99. The molecule has 1 fully saturated rings. The summed E-state index contributed by atoms with van der Waals surface area (Å²) in [5.41, 5.74) is 1.17. The number of hydrogen-bond donors (Lipinski definition) is 1. The fourth-order valence-electron chi connectivity index (χ4n) is 2.09. The summed E-state index contributed by atoms with van der Waals surface area (Å²) in [6.07, 6.45) is 3.54. The lowest BCUT2D eigenvalue weighted by atomic mass is 10.1. The van der Waals surface area contributed by atoms with Gasteiger partial charge in [0.25, 0.3) is 0 Å². The van der Waals surface area contributed by atoms with Crippen LogP contribution in [0.1, 0.15) is 43.5 Å². The topological polar surface area (TPSA) is 37.8 Å². The molecule has 4 heteroatoms. The van der Waals surface area contributed by atoms with Crippen LogP contribution in [0.4, 0.5) is 5.82 Å². The smallest absolute Gasteiger partial charge is 0.143 e. The molecule has 0 spiro atoms. The minimum atomic E-state index is 0.509. The van der Waals surface area contributed by atoms with Crippen LogP contribution in [0, 0.1) is 5.92 Å². The van der Waals surface area contributed by atoms with Gasteiger partial charge in [0.15, 0.2) is 0 Å². The van der Waals surface area contributed by atoms with E-state index in [1.54, 1.807) is 0 Å². The first-order chi connectivity index (χ1) is 8.19. The summed E-state index contributed by atoms with van der Waals surface area (Å²) < 4.78 is 0. The highest BCUT2D eigenvalue weighted by Gasteiger charge is 2.21. The highest BCUT2D eigenvalue weighted by atomic mass is 32.2. The van der Waals surface area contributed by atoms with E-state index < -0.39 is 0 Å². The molecule has 2 heterocycles. The van der Waals surface area contributed by atoms with Crippen molar-refractivity contribution < 1.29 is 0 Å². The van der Waals surface area contributed by atoms with Crippen molar-refractivity contribution in [1.82, 2.24) is 9.97 Å². The summed E-state index contributed by atoms with van der Waals surface area (Å²) in [6.45, 7) is 4.45. The molecule has 94 valence electrons. The van der Waals surface area contributed by atoms with Crippen molar-refractivity contribution in [2.24, 2.45) is 5.92 Å². The third-order valence-corrected chi connectivity index (χ3v) is 4.26. The van der Waals surface area contributed by atoms with E-state index in [2.05, 4.69) is 30.2 Å². The van der Waals surface area contributed by atoms with Crippen LogP contribution in [0.2, 0.25) is 0 Å². The first-order valence-electron chi connectivity index (χ1n) is 6.36. The van der Waals surface area contributed by atoms with E-state index in [1.807, 2.05) is 18.8 Å². The second-order valence-corrected chi connectivity index (χ2v) is 6.26. The summed E-state index contributed by atoms with van der Waals surface area (Å²) in [5.74, 6) is 3.86. The molecule has 1 N–H and O–H groups in total. The fourth-order valence-corrected chi connectivity index (χ4v) is 3.30. The van der Waals surface area contributed by atoms with Gasteiger partial charge in [-0.15, -0.1) is 0 Å². The zero-order chi connectivity index (χ0) is 12.3. The van der Waals surface area contributed by atoms with E-state index in [0.29, 0.717) is 11.2 Å². The molecular weight excluding hydrogens is 230 g/mol. The molecular formula is C13H21N3S. The van der Waals surface area contributed by atoms with Crippen LogP contribution in [0.5, 0.6) is 0 Å². The van der Waals surface area contributed by atoms with E-state index in [4.69, 9.17) is 4.98 Å². The average molecular weight is 251 g/mol. The molecule has 1 aromatic heterocycles. The second-order valence-electron chi connectivity index (χ2n) is 4.95. The van der Waals surface area contributed by atoms with Gasteiger partial charge in [-0.2, -0.15) is 11.8 Å². The molecule has 1 aliphatic heterocycles. The Hall–Kier alpha value is -0.770. The molecule has 0 bridgehead atoms. The maximum Gasteiger partial charge on any atom is 0.143 e. The number of nitrogens with zero attached hydrogens (tertiary/aromatic N) is 2. The van der Waals surface area contributed by atoms with E-state index in [1.165, 1.54) is 24.3 Å². The molecule has 0 aliphatic carbocycles. The third kappa shape index (κ3) is 3.35. The van der Waals surface area contributed by atoms with Crippen molar-refractivity contribution in [2.75, 3.05) is 18.1 Å². The van der Waals surface area contributed by atoms with Gasteiger partial charge in [-0.25, -0.2) is 9.97 Å². The van der Waals surface area contributed by atoms with Gasteiger partial charge in [-0.1, -0.05) is 13.8 Å².